The molecule has 1 unspecified atom stereocenters. The fourth-order valence-corrected chi connectivity index (χ4v) is 1.39. The van der Waals surface area contributed by atoms with Crippen LogP contribution in [0.3, 0.4) is 0 Å². The van der Waals surface area contributed by atoms with Crippen molar-refractivity contribution in [3.05, 3.63) is 43.0 Å². The first kappa shape index (κ1) is 10.7. The van der Waals surface area contributed by atoms with E-state index in [1.807, 2.05) is 35.0 Å². The Morgan fingerprint density at radius 3 is 3.06 bits per heavy atom. The van der Waals surface area contributed by atoms with Gasteiger partial charge in [0.25, 0.3) is 0 Å². The number of hydrogen-bond acceptors (Lipinski definition) is 2. The summed E-state index contributed by atoms with van der Waals surface area (Å²) in [6.45, 7) is 4.17. The van der Waals surface area contributed by atoms with Crippen LogP contribution in [0.15, 0.2) is 36.7 Å². The minimum atomic E-state index is 0.238. The van der Waals surface area contributed by atoms with Crippen molar-refractivity contribution in [1.82, 2.24) is 9.55 Å². The maximum absolute atomic E-state index is 5.75. The van der Waals surface area contributed by atoms with E-state index in [-0.39, 0.29) is 6.10 Å². The molecule has 2 rings (SSSR count). The molecule has 3 nitrogen and oxygen atoms in total. The fraction of sp³-hybridized carbons (Fsp3) is 0.308. The van der Waals surface area contributed by atoms with Crippen LogP contribution in [-0.2, 0) is 0 Å². The van der Waals surface area contributed by atoms with E-state index < -0.39 is 0 Å². The first-order valence-electron chi connectivity index (χ1n) is 5.47. The molecule has 3 heteroatoms. The lowest BCUT2D eigenvalue weighted by Crippen LogP contribution is -2.09. The van der Waals surface area contributed by atoms with Gasteiger partial charge in [0.2, 0.25) is 0 Å². The summed E-state index contributed by atoms with van der Waals surface area (Å²) in [7, 11) is 0. The van der Waals surface area contributed by atoms with E-state index in [9.17, 15) is 0 Å². The second-order valence-corrected chi connectivity index (χ2v) is 3.73. The van der Waals surface area contributed by atoms with Crippen molar-refractivity contribution in [2.75, 3.05) is 0 Å². The lowest BCUT2D eigenvalue weighted by Gasteiger charge is -2.13. The first-order valence-corrected chi connectivity index (χ1v) is 5.47. The molecule has 0 aliphatic carbocycles. The zero-order chi connectivity index (χ0) is 11.4. The van der Waals surface area contributed by atoms with Crippen LogP contribution in [0.1, 0.15) is 20.3 Å². The van der Waals surface area contributed by atoms with Gasteiger partial charge in [-0.15, -0.1) is 0 Å². The van der Waals surface area contributed by atoms with Gasteiger partial charge in [0.1, 0.15) is 5.75 Å². The molecule has 2 aromatic rings. The van der Waals surface area contributed by atoms with E-state index in [0.29, 0.717) is 0 Å². The number of rotatable bonds is 4. The van der Waals surface area contributed by atoms with Crippen LogP contribution >= 0.6 is 0 Å². The summed E-state index contributed by atoms with van der Waals surface area (Å²) >= 11 is 0. The third kappa shape index (κ3) is 2.42. The molecule has 0 aliphatic rings. The van der Waals surface area contributed by atoms with Crippen molar-refractivity contribution in [2.24, 2.45) is 0 Å². The number of ether oxygens (including phenoxy) is 1. The van der Waals surface area contributed by atoms with E-state index in [1.165, 1.54) is 0 Å². The molecule has 16 heavy (non-hydrogen) atoms. The Labute approximate surface area is 95.7 Å². The summed E-state index contributed by atoms with van der Waals surface area (Å²) in [5, 5.41) is 0. The summed E-state index contributed by atoms with van der Waals surface area (Å²) in [6.07, 6.45) is 7.67. The molecule has 1 aromatic carbocycles. The Kier molecular flexibility index (Phi) is 3.25. The van der Waals surface area contributed by atoms with Crippen LogP contribution in [0.2, 0.25) is 0 Å². The van der Waals surface area contributed by atoms with Crippen LogP contribution < -0.4 is 4.74 Å². The topological polar surface area (TPSA) is 27.1 Å². The van der Waals surface area contributed by atoms with Gasteiger partial charge in [-0.1, -0.05) is 13.0 Å². The Balaban J connectivity index is 2.20. The molecule has 0 saturated heterocycles. The quantitative estimate of drug-likeness (QED) is 0.784. The first-order chi connectivity index (χ1) is 7.79. The zero-order valence-corrected chi connectivity index (χ0v) is 9.55. The maximum atomic E-state index is 5.75. The SMILES string of the molecule is CCC(C)Oc1cccc(-n2[c]ncc2)c1. The molecule has 0 saturated carbocycles. The largest absolute Gasteiger partial charge is 0.491 e. The van der Waals surface area contributed by atoms with Gasteiger partial charge in [-0.05, 0) is 25.5 Å². The van der Waals surface area contributed by atoms with Gasteiger partial charge in [0.05, 0.1) is 11.8 Å². The highest BCUT2D eigenvalue weighted by Crippen LogP contribution is 2.18. The number of benzene rings is 1. The van der Waals surface area contributed by atoms with Gasteiger partial charge < -0.3 is 4.74 Å². The Bertz CT molecular complexity index is 437. The van der Waals surface area contributed by atoms with Gasteiger partial charge in [-0.25, -0.2) is 4.98 Å². The number of imidazole rings is 1. The maximum Gasteiger partial charge on any atom is 0.181 e. The summed E-state index contributed by atoms with van der Waals surface area (Å²) in [5.74, 6) is 0.883. The highest BCUT2D eigenvalue weighted by molar-refractivity contribution is 5.39. The smallest absolute Gasteiger partial charge is 0.181 e. The standard InChI is InChI=1S/C13H15N2O/c1-3-11(2)16-13-6-4-5-12(9-13)15-8-7-14-10-15/h4-9,11H,3H2,1-2H3. The molecule has 0 amide bonds. The molecular weight excluding hydrogens is 200 g/mol. The third-order valence-electron chi connectivity index (χ3n) is 2.46. The summed E-state index contributed by atoms with van der Waals surface area (Å²) in [4.78, 5) is 3.90. The van der Waals surface area contributed by atoms with Crippen LogP contribution in [0.25, 0.3) is 5.69 Å². The Morgan fingerprint density at radius 1 is 1.50 bits per heavy atom. The zero-order valence-electron chi connectivity index (χ0n) is 9.55. The molecule has 1 atom stereocenters. The molecule has 0 spiro atoms. The number of hydrogen-bond donors (Lipinski definition) is 0. The van der Waals surface area contributed by atoms with E-state index in [4.69, 9.17) is 4.74 Å². The predicted molar refractivity (Wildman–Crippen MR) is 62.8 cm³/mol. The number of nitrogens with zero attached hydrogens (tertiary/aromatic N) is 2. The fourth-order valence-electron chi connectivity index (χ4n) is 1.39. The average molecular weight is 215 g/mol. The van der Waals surface area contributed by atoms with E-state index >= 15 is 0 Å². The van der Waals surface area contributed by atoms with Crippen LogP contribution in [0.4, 0.5) is 0 Å². The normalized spacial score (nSPS) is 12.4. The average Bonchev–Trinajstić information content (AvgIpc) is 2.83. The minimum absolute atomic E-state index is 0.238. The molecule has 1 radical (unpaired) electrons. The molecule has 83 valence electrons. The van der Waals surface area contributed by atoms with E-state index in [2.05, 4.69) is 25.2 Å². The van der Waals surface area contributed by atoms with Crippen molar-refractivity contribution in [3.63, 3.8) is 0 Å². The lowest BCUT2D eigenvalue weighted by atomic mass is 10.3. The second-order valence-electron chi connectivity index (χ2n) is 3.73. The molecule has 0 bridgehead atoms. The van der Waals surface area contributed by atoms with Crippen LogP contribution in [-0.4, -0.2) is 15.7 Å². The minimum Gasteiger partial charge on any atom is -0.491 e. The Hall–Kier alpha value is -1.77. The van der Waals surface area contributed by atoms with E-state index in [0.717, 1.165) is 17.9 Å². The third-order valence-corrected chi connectivity index (χ3v) is 2.46. The number of aromatic nitrogens is 2. The molecule has 1 heterocycles. The van der Waals surface area contributed by atoms with Crippen molar-refractivity contribution in [3.8, 4) is 11.4 Å². The lowest BCUT2D eigenvalue weighted by molar-refractivity contribution is 0.217. The predicted octanol–water partition coefficient (Wildman–Crippen LogP) is 2.85. The van der Waals surface area contributed by atoms with Gasteiger partial charge in [-0.3, -0.25) is 4.57 Å². The van der Waals surface area contributed by atoms with Gasteiger partial charge in [0.15, 0.2) is 6.33 Å². The van der Waals surface area contributed by atoms with Crippen molar-refractivity contribution in [2.45, 2.75) is 26.4 Å². The summed E-state index contributed by atoms with van der Waals surface area (Å²) in [5.41, 5.74) is 1.01. The highest BCUT2D eigenvalue weighted by Gasteiger charge is 2.02. The second kappa shape index (κ2) is 4.84. The van der Waals surface area contributed by atoms with E-state index in [1.54, 1.807) is 6.20 Å². The summed E-state index contributed by atoms with van der Waals surface area (Å²) < 4.78 is 7.59. The molecular formula is C13H15N2O. The highest BCUT2D eigenvalue weighted by atomic mass is 16.5. The van der Waals surface area contributed by atoms with Crippen LogP contribution in [0, 0.1) is 6.33 Å². The molecule has 1 aromatic heterocycles. The van der Waals surface area contributed by atoms with Crippen molar-refractivity contribution >= 4 is 0 Å². The van der Waals surface area contributed by atoms with Gasteiger partial charge in [-0.2, -0.15) is 0 Å². The van der Waals surface area contributed by atoms with Crippen molar-refractivity contribution in [1.29, 1.82) is 0 Å². The van der Waals surface area contributed by atoms with Crippen LogP contribution in [0.5, 0.6) is 5.75 Å². The van der Waals surface area contributed by atoms with Gasteiger partial charge >= 0.3 is 0 Å². The monoisotopic (exact) mass is 215 g/mol. The van der Waals surface area contributed by atoms with Gasteiger partial charge in [0, 0.05) is 18.5 Å². The molecule has 0 N–H and O–H groups in total. The molecule has 0 aliphatic heterocycles. The van der Waals surface area contributed by atoms with Crippen molar-refractivity contribution < 1.29 is 4.74 Å². The molecule has 0 fully saturated rings. The summed E-state index contributed by atoms with van der Waals surface area (Å²) in [6, 6.07) is 7.93. The Morgan fingerprint density at radius 2 is 2.38 bits per heavy atom.